The minimum absolute atomic E-state index is 0.0442. The number of fused-ring (bicyclic) bond motifs is 1. The highest BCUT2D eigenvalue weighted by Crippen LogP contribution is 2.43. The number of allylic oxidation sites excluding steroid dienone is 1. The second-order valence-corrected chi connectivity index (χ2v) is 6.47. The Morgan fingerprint density at radius 1 is 1.40 bits per heavy atom. The molecule has 0 spiro atoms. The number of Topliss-reactive ketones (excluding diaryl/α,β-unsaturated/α-hetero) is 1. The van der Waals surface area contributed by atoms with Crippen LogP contribution in [-0.2, 0) is 9.59 Å². The van der Waals surface area contributed by atoms with Crippen LogP contribution in [-0.4, -0.2) is 29.7 Å². The molecular weight excluding hydrogens is 252 g/mol. The van der Waals surface area contributed by atoms with Gasteiger partial charge in [0.05, 0.1) is 16.9 Å². The third-order valence-electron chi connectivity index (χ3n) is 4.61. The number of carbonyl (C=O) groups excluding carboxylic acids is 2. The van der Waals surface area contributed by atoms with Crippen molar-refractivity contribution in [1.29, 1.82) is 5.26 Å². The lowest BCUT2D eigenvalue weighted by molar-refractivity contribution is -0.134. The lowest BCUT2D eigenvalue weighted by Crippen LogP contribution is -2.47. The van der Waals surface area contributed by atoms with Crippen LogP contribution < -0.4 is 0 Å². The highest BCUT2D eigenvalue weighted by Gasteiger charge is 2.46. The van der Waals surface area contributed by atoms with Crippen molar-refractivity contribution >= 4 is 11.7 Å². The van der Waals surface area contributed by atoms with Gasteiger partial charge in [-0.1, -0.05) is 6.08 Å². The molecule has 0 aromatic heterocycles. The van der Waals surface area contributed by atoms with Crippen molar-refractivity contribution in [2.45, 2.75) is 26.7 Å². The van der Waals surface area contributed by atoms with Gasteiger partial charge in [-0.2, -0.15) is 5.26 Å². The van der Waals surface area contributed by atoms with Crippen molar-refractivity contribution in [2.24, 2.45) is 17.3 Å². The zero-order chi connectivity index (χ0) is 14.5. The number of rotatable bonds is 2. The number of nitrogens with zero attached hydrogens (tertiary/aromatic N) is 2. The summed E-state index contributed by atoms with van der Waals surface area (Å²) in [5.41, 5.74) is 0.239. The fourth-order valence-corrected chi connectivity index (χ4v) is 3.13. The summed E-state index contributed by atoms with van der Waals surface area (Å²) in [5, 5.41) is 9.11. The van der Waals surface area contributed by atoms with E-state index in [0.29, 0.717) is 12.5 Å². The van der Waals surface area contributed by atoms with Gasteiger partial charge in [0.1, 0.15) is 6.07 Å². The van der Waals surface area contributed by atoms with Gasteiger partial charge in [0.2, 0.25) is 5.91 Å². The summed E-state index contributed by atoms with van der Waals surface area (Å²) in [6.07, 6.45) is 5.97. The summed E-state index contributed by atoms with van der Waals surface area (Å²) >= 11 is 0. The summed E-state index contributed by atoms with van der Waals surface area (Å²) in [4.78, 5) is 26.7. The topological polar surface area (TPSA) is 61.2 Å². The normalized spacial score (nSPS) is 28.4. The van der Waals surface area contributed by atoms with E-state index in [1.54, 1.807) is 6.08 Å². The molecule has 1 atom stereocenters. The van der Waals surface area contributed by atoms with Crippen LogP contribution >= 0.6 is 0 Å². The third kappa shape index (κ3) is 1.89. The molecule has 1 amide bonds. The first-order valence-corrected chi connectivity index (χ1v) is 7.11. The Morgan fingerprint density at radius 3 is 2.70 bits per heavy atom. The number of nitriles is 1. The average molecular weight is 270 g/mol. The van der Waals surface area contributed by atoms with E-state index in [2.05, 4.69) is 0 Å². The van der Waals surface area contributed by atoms with Crippen molar-refractivity contribution in [3.8, 4) is 6.07 Å². The fourth-order valence-electron chi connectivity index (χ4n) is 3.13. The largest absolute Gasteiger partial charge is 0.338 e. The molecule has 0 aromatic carbocycles. The predicted octanol–water partition coefficient (Wildman–Crippen LogP) is 1.84. The van der Waals surface area contributed by atoms with E-state index in [9.17, 15) is 9.59 Å². The monoisotopic (exact) mass is 270 g/mol. The van der Waals surface area contributed by atoms with Crippen LogP contribution in [0.4, 0.5) is 0 Å². The maximum Gasteiger partial charge on any atom is 0.233 e. The minimum atomic E-state index is -0.744. The van der Waals surface area contributed by atoms with Gasteiger partial charge in [0, 0.05) is 13.1 Å². The molecule has 1 heterocycles. The number of amides is 1. The first kappa shape index (κ1) is 13.1. The van der Waals surface area contributed by atoms with E-state index >= 15 is 0 Å². The SMILES string of the molecule is CC1(C)C(=O)C(C#N)=CC2C(=O)N(CC3CC3)CC=C21. The van der Waals surface area contributed by atoms with Crippen LogP contribution in [0.1, 0.15) is 26.7 Å². The Kier molecular flexibility index (Phi) is 2.82. The van der Waals surface area contributed by atoms with Gasteiger partial charge in [0.15, 0.2) is 5.78 Å². The Labute approximate surface area is 118 Å². The van der Waals surface area contributed by atoms with E-state index in [-0.39, 0.29) is 17.3 Å². The molecule has 0 bridgehead atoms. The molecule has 3 aliphatic rings. The van der Waals surface area contributed by atoms with Gasteiger partial charge in [-0.05, 0) is 44.3 Å². The quantitative estimate of drug-likeness (QED) is 0.719. The summed E-state index contributed by atoms with van der Waals surface area (Å²) in [6, 6.07) is 1.94. The van der Waals surface area contributed by atoms with Gasteiger partial charge in [-0.3, -0.25) is 9.59 Å². The third-order valence-corrected chi connectivity index (χ3v) is 4.61. The number of hydrogen-bond donors (Lipinski definition) is 0. The molecule has 3 rings (SSSR count). The summed E-state index contributed by atoms with van der Waals surface area (Å²) in [7, 11) is 0. The van der Waals surface area contributed by atoms with Crippen LogP contribution in [0.2, 0.25) is 0 Å². The number of carbonyl (C=O) groups is 2. The highest BCUT2D eigenvalue weighted by molar-refractivity contribution is 6.08. The summed E-state index contributed by atoms with van der Waals surface area (Å²) in [5.74, 6) is 0.0880. The van der Waals surface area contributed by atoms with E-state index in [0.717, 1.165) is 12.1 Å². The van der Waals surface area contributed by atoms with Crippen LogP contribution in [0.15, 0.2) is 23.3 Å². The molecule has 2 aliphatic carbocycles. The molecule has 1 unspecified atom stereocenters. The Balaban J connectivity index is 1.97. The van der Waals surface area contributed by atoms with Crippen molar-refractivity contribution in [3.63, 3.8) is 0 Å². The van der Waals surface area contributed by atoms with E-state index < -0.39 is 11.3 Å². The first-order chi connectivity index (χ1) is 9.45. The van der Waals surface area contributed by atoms with E-state index in [4.69, 9.17) is 5.26 Å². The molecule has 0 N–H and O–H groups in total. The van der Waals surface area contributed by atoms with Crippen LogP contribution in [0.25, 0.3) is 0 Å². The number of hydrogen-bond acceptors (Lipinski definition) is 3. The molecule has 0 radical (unpaired) electrons. The molecule has 1 saturated carbocycles. The lowest BCUT2D eigenvalue weighted by atomic mass is 9.66. The van der Waals surface area contributed by atoms with Gasteiger partial charge < -0.3 is 4.90 Å². The maximum absolute atomic E-state index is 12.6. The Morgan fingerprint density at radius 2 is 2.10 bits per heavy atom. The van der Waals surface area contributed by atoms with E-state index in [1.165, 1.54) is 12.8 Å². The minimum Gasteiger partial charge on any atom is -0.338 e. The van der Waals surface area contributed by atoms with Gasteiger partial charge in [-0.15, -0.1) is 0 Å². The standard InChI is InChI=1S/C16H18N2O2/c1-16(2)13-5-6-18(9-10-3-4-10)15(20)12(13)7-11(8-17)14(16)19/h5,7,10,12H,3-4,6,9H2,1-2H3. The van der Waals surface area contributed by atoms with E-state index in [1.807, 2.05) is 30.9 Å². The Hall–Kier alpha value is -1.89. The van der Waals surface area contributed by atoms with Crippen LogP contribution in [0.5, 0.6) is 0 Å². The predicted molar refractivity (Wildman–Crippen MR) is 73.4 cm³/mol. The zero-order valence-electron chi connectivity index (χ0n) is 11.8. The second-order valence-electron chi connectivity index (χ2n) is 6.47. The maximum atomic E-state index is 12.6. The van der Waals surface area contributed by atoms with Crippen LogP contribution in [0, 0.1) is 28.6 Å². The van der Waals surface area contributed by atoms with Crippen molar-refractivity contribution in [3.05, 3.63) is 23.3 Å². The van der Waals surface area contributed by atoms with Crippen molar-refractivity contribution in [1.82, 2.24) is 4.90 Å². The molecule has 104 valence electrons. The molecule has 1 aliphatic heterocycles. The van der Waals surface area contributed by atoms with Gasteiger partial charge in [-0.25, -0.2) is 0 Å². The average Bonchev–Trinajstić information content (AvgIpc) is 3.21. The second kappa shape index (κ2) is 4.31. The summed E-state index contributed by atoms with van der Waals surface area (Å²) in [6.45, 7) is 5.02. The zero-order valence-corrected chi connectivity index (χ0v) is 11.8. The number of ketones is 1. The van der Waals surface area contributed by atoms with Gasteiger partial charge in [0.25, 0.3) is 0 Å². The smallest absolute Gasteiger partial charge is 0.233 e. The summed E-state index contributed by atoms with van der Waals surface area (Å²) < 4.78 is 0. The Bertz CT molecular complexity index is 588. The molecule has 0 aromatic rings. The van der Waals surface area contributed by atoms with Crippen LogP contribution in [0.3, 0.4) is 0 Å². The molecule has 1 fully saturated rings. The fraction of sp³-hybridized carbons (Fsp3) is 0.562. The lowest BCUT2D eigenvalue weighted by Gasteiger charge is -2.40. The van der Waals surface area contributed by atoms with Gasteiger partial charge >= 0.3 is 0 Å². The highest BCUT2D eigenvalue weighted by atomic mass is 16.2. The molecule has 0 saturated heterocycles. The first-order valence-electron chi connectivity index (χ1n) is 7.11. The molecule has 4 nitrogen and oxygen atoms in total. The molecular formula is C16H18N2O2. The molecule has 20 heavy (non-hydrogen) atoms. The van der Waals surface area contributed by atoms with Crippen molar-refractivity contribution in [2.75, 3.05) is 13.1 Å². The van der Waals surface area contributed by atoms with Crippen molar-refractivity contribution < 1.29 is 9.59 Å². The molecule has 4 heteroatoms.